The molecule has 1 spiro atoms. The fourth-order valence-electron chi connectivity index (χ4n) is 4.79. The highest BCUT2D eigenvalue weighted by Crippen LogP contribution is 2.55. The van der Waals surface area contributed by atoms with Crippen molar-refractivity contribution < 1.29 is 28.0 Å². The Morgan fingerprint density at radius 3 is 2.77 bits per heavy atom. The molecule has 0 N–H and O–H groups in total. The van der Waals surface area contributed by atoms with Gasteiger partial charge in [-0.15, -0.1) is 0 Å². The molecule has 0 saturated carbocycles. The second-order valence-electron chi connectivity index (χ2n) is 6.73. The van der Waals surface area contributed by atoms with Crippen LogP contribution in [-0.2, 0) is 23.6 Å². The third-order valence-corrected chi connectivity index (χ3v) is 5.74. The van der Waals surface area contributed by atoms with E-state index in [-0.39, 0.29) is 36.6 Å². The first-order valence-corrected chi connectivity index (χ1v) is 7.82. The Bertz CT molecular complexity index is 682. The average Bonchev–Trinajstić information content (AvgIpc) is 3.06. The minimum absolute atomic E-state index is 0.158. The summed E-state index contributed by atoms with van der Waals surface area (Å²) in [4.78, 5) is 24.3. The second kappa shape index (κ2) is 3.91. The van der Waals surface area contributed by atoms with Crippen LogP contribution < -0.4 is 0 Å². The number of epoxide rings is 1. The molecule has 0 radical (unpaired) electrons. The quantitative estimate of drug-likeness (QED) is 0.594. The molecule has 22 heavy (non-hydrogen) atoms. The Morgan fingerprint density at radius 1 is 1.14 bits per heavy atom. The van der Waals surface area contributed by atoms with Crippen LogP contribution >= 0.6 is 0 Å². The molecule has 5 atom stereocenters. The minimum Gasteiger partial charge on any atom is -0.598 e. The molecule has 0 aromatic heterocycles. The van der Waals surface area contributed by atoms with Gasteiger partial charge in [0.25, 0.3) is 0 Å². The highest BCUT2D eigenvalue weighted by molar-refractivity contribution is 6.68. The molecule has 4 heterocycles. The Labute approximate surface area is 127 Å². The summed E-state index contributed by atoms with van der Waals surface area (Å²) in [6.45, 7) is -1.09. The van der Waals surface area contributed by atoms with Gasteiger partial charge >= 0.3 is 18.6 Å². The van der Waals surface area contributed by atoms with E-state index in [9.17, 15) is 9.59 Å². The zero-order chi connectivity index (χ0) is 14.9. The summed E-state index contributed by atoms with van der Waals surface area (Å²) in [5.74, 6) is -0.506. The van der Waals surface area contributed by atoms with E-state index < -0.39 is 6.69 Å². The normalized spacial score (nSPS) is 45.2. The van der Waals surface area contributed by atoms with Gasteiger partial charge in [-0.1, -0.05) is 30.3 Å². The molecule has 114 valence electrons. The number of carbonyl (C=O) groups excluding carboxylic acids is 2. The summed E-state index contributed by atoms with van der Waals surface area (Å²) in [5.41, 5.74) is 1.03. The number of rotatable bonds is 2. The molecular formula is C15H16BNO5. The van der Waals surface area contributed by atoms with Gasteiger partial charge in [0, 0.05) is 13.0 Å². The Balaban J connectivity index is 1.55. The van der Waals surface area contributed by atoms with Crippen LogP contribution in [-0.4, -0.2) is 48.2 Å². The molecule has 7 heteroatoms. The van der Waals surface area contributed by atoms with Crippen molar-refractivity contribution in [2.45, 2.75) is 31.0 Å². The summed E-state index contributed by atoms with van der Waals surface area (Å²) in [5, 5.41) is 0. The molecule has 5 rings (SSSR count). The third kappa shape index (κ3) is 1.34. The molecular weight excluding hydrogens is 285 g/mol. The molecule has 1 aromatic carbocycles. The van der Waals surface area contributed by atoms with E-state index in [1.807, 2.05) is 30.3 Å². The first-order chi connectivity index (χ1) is 10.7. The predicted octanol–water partition coefficient (Wildman–Crippen LogP) is 0.697. The maximum atomic E-state index is 12.3. The van der Waals surface area contributed by atoms with Crippen LogP contribution in [0.2, 0.25) is 0 Å². The van der Waals surface area contributed by atoms with Gasteiger partial charge in [-0.05, 0) is 12.0 Å². The van der Waals surface area contributed by atoms with Crippen LogP contribution in [0.1, 0.15) is 24.5 Å². The molecule has 4 unspecified atom stereocenters. The standard InChI is InChI=1S/C15H16BNO5/c18-12-9-17-8-4-7-11(17)15(19)22-16(17,21-12)14-13(20-14)10-5-2-1-3-6-10/h1-3,5-6,11,13-14H,4,7-9H2/t11-,13?,14?,16?,17?/m0/s1. The first-order valence-electron chi connectivity index (χ1n) is 7.82. The smallest absolute Gasteiger partial charge is 0.598 e. The van der Waals surface area contributed by atoms with Gasteiger partial charge in [0.15, 0.2) is 0 Å². The van der Waals surface area contributed by atoms with E-state index in [2.05, 4.69) is 0 Å². The zero-order valence-corrected chi connectivity index (χ0v) is 12.0. The maximum absolute atomic E-state index is 12.3. The van der Waals surface area contributed by atoms with Crippen LogP contribution in [0.3, 0.4) is 0 Å². The van der Waals surface area contributed by atoms with Crippen molar-refractivity contribution in [3.8, 4) is 0 Å². The van der Waals surface area contributed by atoms with E-state index in [1.165, 1.54) is 0 Å². The largest absolute Gasteiger partial charge is 0.615 e. The summed E-state index contributed by atoms with van der Waals surface area (Å²) in [6, 6.07) is 9.20. The Hall–Kier alpha value is -1.86. The molecule has 4 fully saturated rings. The Morgan fingerprint density at radius 2 is 1.95 bits per heavy atom. The number of nitrogens with zero attached hydrogens (tertiary/aromatic N) is 1. The number of ether oxygens (including phenoxy) is 1. The van der Waals surface area contributed by atoms with Gasteiger partial charge in [-0.2, -0.15) is 0 Å². The lowest BCUT2D eigenvalue weighted by molar-refractivity contribution is -0.826. The van der Waals surface area contributed by atoms with Crippen molar-refractivity contribution >= 4 is 18.6 Å². The van der Waals surface area contributed by atoms with Crippen LogP contribution in [0, 0.1) is 0 Å². The van der Waals surface area contributed by atoms with E-state index >= 15 is 0 Å². The molecule has 0 bridgehead atoms. The summed E-state index contributed by atoms with van der Waals surface area (Å²) in [7, 11) is 0. The maximum Gasteiger partial charge on any atom is 0.615 e. The number of benzene rings is 1. The molecule has 6 nitrogen and oxygen atoms in total. The molecule has 0 aliphatic carbocycles. The lowest BCUT2D eigenvalue weighted by atomic mass is 9.62. The van der Waals surface area contributed by atoms with Crippen LogP contribution in [0.25, 0.3) is 0 Å². The zero-order valence-electron chi connectivity index (χ0n) is 12.0. The van der Waals surface area contributed by atoms with Crippen molar-refractivity contribution in [2.24, 2.45) is 0 Å². The van der Waals surface area contributed by atoms with Crippen molar-refractivity contribution in [3.63, 3.8) is 0 Å². The number of carbonyl (C=O) groups is 2. The fourth-order valence-corrected chi connectivity index (χ4v) is 4.79. The molecule has 1 aromatic rings. The van der Waals surface area contributed by atoms with Gasteiger partial charge < -0.3 is 18.4 Å². The molecule has 4 aliphatic rings. The van der Waals surface area contributed by atoms with Crippen LogP contribution in [0.4, 0.5) is 0 Å². The monoisotopic (exact) mass is 301 g/mol. The summed E-state index contributed by atoms with van der Waals surface area (Å²) < 4.78 is 17.5. The lowest BCUT2D eigenvalue weighted by Crippen LogP contribution is -2.67. The van der Waals surface area contributed by atoms with Crippen molar-refractivity contribution in [2.75, 3.05) is 13.1 Å². The number of quaternary nitrogens is 1. The van der Waals surface area contributed by atoms with E-state index in [0.29, 0.717) is 4.39 Å². The number of hydrogen-bond donors (Lipinski definition) is 0. The highest BCUT2D eigenvalue weighted by atomic mass is 16.7. The lowest BCUT2D eigenvalue weighted by Gasteiger charge is -2.42. The highest BCUT2D eigenvalue weighted by Gasteiger charge is 2.80. The predicted molar refractivity (Wildman–Crippen MR) is 75.0 cm³/mol. The van der Waals surface area contributed by atoms with Crippen LogP contribution in [0.15, 0.2) is 30.3 Å². The number of hydrogen-bond acceptors (Lipinski definition) is 5. The van der Waals surface area contributed by atoms with E-state index in [1.54, 1.807) is 0 Å². The summed E-state index contributed by atoms with van der Waals surface area (Å²) >= 11 is 0. The van der Waals surface area contributed by atoms with Crippen molar-refractivity contribution in [3.05, 3.63) is 35.9 Å². The van der Waals surface area contributed by atoms with E-state index in [4.69, 9.17) is 14.0 Å². The topological polar surface area (TPSA) is 65.1 Å². The van der Waals surface area contributed by atoms with Gasteiger partial charge in [0.05, 0.1) is 6.10 Å². The van der Waals surface area contributed by atoms with Crippen molar-refractivity contribution in [1.82, 2.24) is 0 Å². The van der Waals surface area contributed by atoms with E-state index in [0.717, 1.165) is 24.9 Å². The molecule has 0 amide bonds. The average molecular weight is 301 g/mol. The van der Waals surface area contributed by atoms with Gasteiger partial charge in [-0.3, -0.25) is 4.79 Å². The molecule has 4 aliphatic heterocycles. The SMILES string of the molecule is O=C1C[N+]23CCC[C@H]2C(=O)O[B-]3(C2OC2c2ccccc2)O1. The summed E-state index contributed by atoms with van der Waals surface area (Å²) in [6.07, 6.45) is 1.53. The third-order valence-electron chi connectivity index (χ3n) is 5.74. The molecule has 4 saturated heterocycles. The minimum atomic E-state index is -2.08. The first kappa shape index (κ1) is 12.7. The van der Waals surface area contributed by atoms with Gasteiger partial charge in [-0.25, -0.2) is 4.79 Å². The Kier molecular flexibility index (Phi) is 2.25. The van der Waals surface area contributed by atoms with Crippen molar-refractivity contribution in [1.29, 1.82) is 0 Å². The fraction of sp³-hybridized carbons (Fsp3) is 0.467. The van der Waals surface area contributed by atoms with Gasteiger partial charge in [0.2, 0.25) is 0 Å². The van der Waals surface area contributed by atoms with Gasteiger partial charge in [0.1, 0.15) is 18.6 Å². The van der Waals surface area contributed by atoms with Crippen LogP contribution in [0.5, 0.6) is 0 Å². The second-order valence-corrected chi connectivity index (χ2v) is 6.73.